The van der Waals surface area contributed by atoms with Crippen LogP contribution in [0.4, 0.5) is 4.79 Å². The van der Waals surface area contributed by atoms with Crippen molar-refractivity contribution in [2.24, 2.45) is 5.92 Å². The van der Waals surface area contributed by atoms with E-state index < -0.39 is 0 Å². The van der Waals surface area contributed by atoms with Crippen LogP contribution in [-0.2, 0) is 11.2 Å². The number of thiophene rings is 1. The van der Waals surface area contributed by atoms with Crippen molar-refractivity contribution in [2.45, 2.75) is 53.0 Å². The summed E-state index contributed by atoms with van der Waals surface area (Å²) >= 11 is 1.74. The molecule has 0 radical (unpaired) electrons. The molecule has 180 valence electrons. The van der Waals surface area contributed by atoms with Crippen LogP contribution >= 0.6 is 11.3 Å². The Bertz CT molecular complexity index is 923. The van der Waals surface area contributed by atoms with Crippen LogP contribution in [-0.4, -0.2) is 54.5 Å². The summed E-state index contributed by atoms with van der Waals surface area (Å²) in [7, 11) is 0. The molecule has 1 aromatic carbocycles. The second kappa shape index (κ2) is 11.5. The van der Waals surface area contributed by atoms with Gasteiger partial charge in [0.15, 0.2) is 0 Å². The van der Waals surface area contributed by atoms with Gasteiger partial charge < -0.3 is 19.9 Å². The lowest BCUT2D eigenvalue weighted by atomic mass is 10.00. The summed E-state index contributed by atoms with van der Waals surface area (Å²) in [6.07, 6.45) is 0.837. The van der Waals surface area contributed by atoms with Crippen molar-refractivity contribution in [1.29, 1.82) is 0 Å². The summed E-state index contributed by atoms with van der Waals surface area (Å²) in [5.74, 6) is 1.51. The van der Waals surface area contributed by atoms with Gasteiger partial charge in [-0.05, 0) is 59.9 Å². The highest BCUT2D eigenvalue weighted by molar-refractivity contribution is 7.10. The van der Waals surface area contributed by atoms with Gasteiger partial charge in [0.05, 0.1) is 6.04 Å². The summed E-state index contributed by atoms with van der Waals surface area (Å²) in [5, 5.41) is 4.92. The van der Waals surface area contributed by atoms with E-state index in [1.165, 1.54) is 10.4 Å². The predicted molar refractivity (Wildman–Crippen MR) is 134 cm³/mol. The molecule has 1 aliphatic rings. The number of urea groups is 1. The fourth-order valence-corrected chi connectivity index (χ4v) is 5.10. The zero-order valence-electron chi connectivity index (χ0n) is 20.5. The number of rotatable bonds is 9. The summed E-state index contributed by atoms with van der Waals surface area (Å²) in [4.78, 5) is 30.8. The highest BCUT2D eigenvalue weighted by Crippen LogP contribution is 2.34. The molecule has 1 aromatic heterocycles. The minimum atomic E-state index is -0.189. The minimum absolute atomic E-state index is 0.0393. The van der Waals surface area contributed by atoms with Crippen molar-refractivity contribution in [2.75, 3.05) is 32.8 Å². The molecule has 1 N–H and O–H groups in total. The van der Waals surface area contributed by atoms with Gasteiger partial charge in [-0.2, -0.15) is 0 Å². The zero-order chi connectivity index (χ0) is 24.0. The van der Waals surface area contributed by atoms with Crippen molar-refractivity contribution < 1.29 is 14.3 Å². The molecule has 0 bridgehead atoms. The molecule has 0 spiro atoms. The maximum atomic E-state index is 13.4. The number of nitrogens with zero attached hydrogens (tertiary/aromatic N) is 2. The first-order valence-electron chi connectivity index (χ1n) is 11.9. The monoisotopic (exact) mass is 471 g/mol. The largest absolute Gasteiger partial charge is 0.491 e. The fourth-order valence-electron chi connectivity index (χ4n) is 4.18. The Labute approximate surface area is 201 Å². The van der Waals surface area contributed by atoms with E-state index in [4.69, 9.17) is 4.74 Å². The van der Waals surface area contributed by atoms with Crippen molar-refractivity contribution in [3.05, 3.63) is 51.7 Å². The Morgan fingerprint density at radius 3 is 2.55 bits per heavy atom. The van der Waals surface area contributed by atoms with Crippen LogP contribution in [0.5, 0.6) is 5.75 Å². The number of amides is 3. The molecule has 0 aliphatic carbocycles. The molecule has 0 saturated heterocycles. The lowest BCUT2D eigenvalue weighted by Crippen LogP contribution is -2.50. The number of benzene rings is 1. The fraction of sp³-hybridized carbons (Fsp3) is 0.538. The zero-order valence-corrected chi connectivity index (χ0v) is 21.3. The van der Waals surface area contributed by atoms with Gasteiger partial charge in [-0.25, -0.2) is 4.79 Å². The van der Waals surface area contributed by atoms with Gasteiger partial charge in [-0.15, -0.1) is 11.3 Å². The second-order valence-electron chi connectivity index (χ2n) is 9.30. The van der Waals surface area contributed by atoms with E-state index in [1.807, 2.05) is 24.0 Å². The van der Waals surface area contributed by atoms with Crippen molar-refractivity contribution in [3.63, 3.8) is 0 Å². The van der Waals surface area contributed by atoms with Gasteiger partial charge >= 0.3 is 6.03 Å². The molecule has 0 saturated carbocycles. The molecule has 6 nitrogen and oxygen atoms in total. The third-order valence-electron chi connectivity index (χ3n) is 5.90. The smallest absolute Gasteiger partial charge is 0.317 e. The Hall–Kier alpha value is -2.54. The number of fused-ring (bicyclic) bond motifs is 1. The van der Waals surface area contributed by atoms with Crippen LogP contribution in [0.15, 0.2) is 35.7 Å². The Balaban J connectivity index is 1.74. The van der Waals surface area contributed by atoms with E-state index in [0.29, 0.717) is 32.2 Å². The molecule has 0 fully saturated rings. The lowest BCUT2D eigenvalue weighted by molar-refractivity contribution is -0.135. The Kier molecular flexibility index (Phi) is 8.78. The average molecular weight is 472 g/mol. The molecule has 0 unspecified atom stereocenters. The maximum Gasteiger partial charge on any atom is 0.317 e. The summed E-state index contributed by atoms with van der Waals surface area (Å²) in [6.45, 7) is 12.5. The minimum Gasteiger partial charge on any atom is -0.491 e. The van der Waals surface area contributed by atoms with Crippen LogP contribution in [0, 0.1) is 5.92 Å². The van der Waals surface area contributed by atoms with E-state index >= 15 is 0 Å². The van der Waals surface area contributed by atoms with Gasteiger partial charge in [0, 0.05) is 24.5 Å². The lowest BCUT2D eigenvalue weighted by Gasteiger charge is -2.37. The topological polar surface area (TPSA) is 61.9 Å². The highest BCUT2D eigenvalue weighted by Gasteiger charge is 2.33. The molecule has 2 heterocycles. The van der Waals surface area contributed by atoms with Gasteiger partial charge in [0.1, 0.15) is 18.9 Å². The Morgan fingerprint density at radius 2 is 1.91 bits per heavy atom. The van der Waals surface area contributed by atoms with E-state index in [2.05, 4.69) is 56.6 Å². The van der Waals surface area contributed by atoms with Crippen LogP contribution in [0.3, 0.4) is 0 Å². The van der Waals surface area contributed by atoms with Crippen molar-refractivity contribution >= 4 is 23.3 Å². The van der Waals surface area contributed by atoms with Gasteiger partial charge in [0.25, 0.3) is 0 Å². The maximum absolute atomic E-state index is 13.4. The molecule has 1 atom stereocenters. The van der Waals surface area contributed by atoms with Crippen molar-refractivity contribution in [3.8, 4) is 5.75 Å². The SMILES string of the molecule is CCNC(=O)N(CC(=O)N1CCc2sccc2[C@H]1COc1ccc(C(C)C)cc1)CC(C)C. The standard InChI is InChI=1S/C26H37N3O3S/c1-6-27-26(31)28(15-18(2)3)16-25(30)29-13-11-24-22(12-14-33-24)23(29)17-32-21-9-7-20(8-10-21)19(4)5/h7-10,12,14,18-19,23H,6,11,13,15-17H2,1-5H3,(H,27,31)/t23-/m1/s1. The first-order chi connectivity index (χ1) is 15.8. The van der Waals surface area contributed by atoms with Gasteiger partial charge in [-0.3, -0.25) is 4.79 Å². The molecular formula is C26H37N3O3S. The van der Waals surface area contributed by atoms with Gasteiger partial charge in [0.2, 0.25) is 5.91 Å². The van der Waals surface area contributed by atoms with Crippen LogP contribution in [0.2, 0.25) is 0 Å². The summed E-state index contributed by atoms with van der Waals surface area (Å²) in [5.41, 5.74) is 2.43. The van der Waals surface area contributed by atoms with Gasteiger partial charge in [-0.1, -0.05) is 39.8 Å². The third kappa shape index (κ3) is 6.50. The first kappa shape index (κ1) is 25.1. The number of nitrogens with one attached hydrogen (secondary N) is 1. The quantitative estimate of drug-likeness (QED) is 0.556. The third-order valence-corrected chi connectivity index (χ3v) is 6.89. The second-order valence-corrected chi connectivity index (χ2v) is 10.3. The predicted octanol–water partition coefficient (Wildman–Crippen LogP) is 5.06. The number of carbonyl (C=O) groups excluding carboxylic acids is 2. The molecule has 7 heteroatoms. The normalized spacial score (nSPS) is 15.5. The summed E-state index contributed by atoms with van der Waals surface area (Å²) < 4.78 is 6.16. The molecule has 1 aliphatic heterocycles. The van der Waals surface area contributed by atoms with Crippen LogP contribution < -0.4 is 10.1 Å². The summed E-state index contributed by atoms with van der Waals surface area (Å²) in [6, 6.07) is 9.94. The van der Waals surface area contributed by atoms with Crippen molar-refractivity contribution in [1.82, 2.24) is 15.1 Å². The molecule has 3 rings (SSSR count). The van der Waals surface area contributed by atoms with Crippen LogP contribution in [0.1, 0.15) is 62.6 Å². The Morgan fingerprint density at radius 1 is 1.18 bits per heavy atom. The van der Waals surface area contributed by atoms with E-state index in [9.17, 15) is 9.59 Å². The number of ether oxygens (including phenoxy) is 1. The molecule has 33 heavy (non-hydrogen) atoms. The van der Waals surface area contributed by atoms with E-state index in [0.717, 1.165) is 17.7 Å². The number of hydrogen-bond acceptors (Lipinski definition) is 4. The highest BCUT2D eigenvalue weighted by atomic mass is 32.1. The van der Waals surface area contributed by atoms with Crippen LogP contribution in [0.25, 0.3) is 0 Å². The molecule has 3 amide bonds. The first-order valence-corrected chi connectivity index (χ1v) is 12.8. The number of carbonyl (C=O) groups is 2. The van der Waals surface area contributed by atoms with E-state index in [1.54, 1.807) is 16.2 Å². The molecular weight excluding hydrogens is 434 g/mol. The molecule has 2 aromatic rings. The average Bonchev–Trinajstić information content (AvgIpc) is 3.26. The van der Waals surface area contributed by atoms with E-state index in [-0.39, 0.29) is 30.4 Å². The number of hydrogen-bond donors (Lipinski definition) is 1.